The smallest absolute Gasteiger partial charge is 0.220 e. The third-order valence-electron chi connectivity index (χ3n) is 5.23. The molecule has 3 rings (SSSR count). The van der Waals surface area contributed by atoms with Gasteiger partial charge in [-0.1, -0.05) is 36.4 Å². The number of carbonyl (C=O) groups excluding carboxylic acids is 1. The second-order valence-corrected chi connectivity index (χ2v) is 7.16. The zero-order valence-corrected chi connectivity index (χ0v) is 16.4. The molecule has 0 bridgehead atoms. The molecule has 2 N–H and O–H groups in total. The fourth-order valence-corrected chi connectivity index (χ4v) is 3.64. The van der Waals surface area contributed by atoms with E-state index >= 15 is 0 Å². The summed E-state index contributed by atoms with van der Waals surface area (Å²) in [6.45, 7) is 5.53. The maximum atomic E-state index is 11.6. The molecule has 1 aliphatic heterocycles. The number of fused-ring (bicyclic) bond motifs is 1. The van der Waals surface area contributed by atoms with Crippen LogP contribution in [-0.4, -0.2) is 43.4 Å². The third kappa shape index (κ3) is 5.22. The molecule has 2 aromatic carbocycles. The normalized spacial score (nSPS) is 15.8. The van der Waals surface area contributed by atoms with E-state index in [4.69, 9.17) is 4.99 Å². The number of aliphatic imine (C=N–C) groups is 1. The molecule has 5 nitrogen and oxygen atoms in total. The van der Waals surface area contributed by atoms with Crippen LogP contribution in [0.5, 0.6) is 0 Å². The highest BCUT2D eigenvalue weighted by atomic mass is 16.1. The average molecular weight is 367 g/mol. The van der Waals surface area contributed by atoms with Crippen molar-refractivity contribution in [2.75, 3.05) is 26.7 Å². The number of piperidine rings is 1. The van der Waals surface area contributed by atoms with E-state index < -0.39 is 0 Å². The lowest BCUT2D eigenvalue weighted by molar-refractivity contribution is -0.121. The molecule has 0 atom stereocenters. The van der Waals surface area contributed by atoms with Crippen LogP contribution in [0.3, 0.4) is 0 Å². The Labute approximate surface area is 161 Å². The van der Waals surface area contributed by atoms with E-state index in [1.165, 1.54) is 16.3 Å². The SMILES string of the molecule is CCNC(=NCc1ccc2ccccc2c1)N1CCC(CC(=O)NC)CC1. The number of amides is 1. The number of guanidine groups is 1. The zero-order valence-electron chi connectivity index (χ0n) is 16.4. The highest BCUT2D eigenvalue weighted by Crippen LogP contribution is 2.21. The van der Waals surface area contributed by atoms with Gasteiger partial charge in [-0.05, 0) is 48.1 Å². The van der Waals surface area contributed by atoms with Gasteiger partial charge in [-0.25, -0.2) is 4.99 Å². The quantitative estimate of drug-likeness (QED) is 0.631. The van der Waals surface area contributed by atoms with Gasteiger partial charge in [-0.3, -0.25) is 4.79 Å². The van der Waals surface area contributed by atoms with E-state index in [0.717, 1.165) is 38.4 Å². The van der Waals surface area contributed by atoms with E-state index in [2.05, 4.69) is 64.9 Å². The van der Waals surface area contributed by atoms with Crippen LogP contribution in [0, 0.1) is 5.92 Å². The van der Waals surface area contributed by atoms with Gasteiger partial charge in [0.1, 0.15) is 0 Å². The maximum absolute atomic E-state index is 11.6. The highest BCUT2D eigenvalue weighted by molar-refractivity contribution is 5.83. The van der Waals surface area contributed by atoms with Gasteiger partial charge in [0.05, 0.1) is 6.54 Å². The van der Waals surface area contributed by atoms with Gasteiger partial charge in [0.25, 0.3) is 0 Å². The predicted octanol–water partition coefficient (Wildman–Crippen LogP) is 3.15. The molecule has 1 heterocycles. The Bertz CT molecular complexity index is 794. The Morgan fingerprint density at radius 1 is 1.15 bits per heavy atom. The number of hydrogen-bond acceptors (Lipinski definition) is 2. The minimum absolute atomic E-state index is 0.144. The van der Waals surface area contributed by atoms with Crippen molar-refractivity contribution >= 4 is 22.6 Å². The molecule has 0 radical (unpaired) electrons. The lowest BCUT2D eigenvalue weighted by Crippen LogP contribution is -2.46. The number of likely N-dealkylation sites (tertiary alicyclic amines) is 1. The van der Waals surface area contributed by atoms with Crippen LogP contribution in [0.4, 0.5) is 0 Å². The molecule has 1 amide bonds. The van der Waals surface area contributed by atoms with Gasteiger partial charge < -0.3 is 15.5 Å². The molecule has 1 aliphatic rings. The van der Waals surface area contributed by atoms with Crippen LogP contribution >= 0.6 is 0 Å². The third-order valence-corrected chi connectivity index (χ3v) is 5.23. The molecule has 0 aliphatic carbocycles. The summed E-state index contributed by atoms with van der Waals surface area (Å²) in [4.78, 5) is 18.8. The zero-order chi connectivity index (χ0) is 19.1. The molecule has 0 spiro atoms. The van der Waals surface area contributed by atoms with Crippen molar-refractivity contribution in [3.05, 3.63) is 48.0 Å². The second kappa shape index (κ2) is 9.40. The predicted molar refractivity (Wildman–Crippen MR) is 112 cm³/mol. The summed E-state index contributed by atoms with van der Waals surface area (Å²) in [5.41, 5.74) is 1.22. The molecule has 5 heteroatoms. The minimum Gasteiger partial charge on any atom is -0.359 e. The number of benzene rings is 2. The van der Waals surface area contributed by atoms with Crippen molar-refractivity contribution in [3.63, 3.8) is 0 Å². The highest BCUT2D eigenvalue weighted by Gasteiger charge is 2.23. The van der Waals surface area contributed by atoms with Gasteiger partial charge in [0, 0.05) is 33.1 Å². The number of hydrogen-bond donors (Lipinski definition) is 2. The van der Waals surface area contributed by atoms with Crippen molar-refractivity contribution < 1.29 is 4.79 Å². The minimum atomic E-state index is 0.144. The van der Waals surface area contributed by atoms with Crippen LogP contribution in [0.25, 0.3) is 10.8 Å². The van der Waals surface area contributed by atoms with Gasteiger partial charge in [0.15, 0.2) is 5.96 Å². The molecule has 2 aromatic rings. The molecule has 27 heavy (non-hydrogen) atoms. The summed E-state index contributed by atoms with van der Waals surface area (Å²) < 4.78 is 0. The first-order chi connectivity index (χ1) is 13.2. The Balaban J connectivity index is 1.63. The number of nitrogens with zero attached hydrogens (tertiary/aromatic N) is 2. The van der Waals surface area contributed by atoms with Crippen molar-refractivity contribution in [2.45, 2.75) is 32.7 Å². The van der Waals surface area contributed by atoms with Crippen molar-refractivity contribution in [3.8, 4) is 0 Å². The number of nitrogens with one attached hydrogen (secondary N) is 2. The van der Waals surface area contributed by atoms with Gasteiger partial charge in [-0.15, -0.1) is 0 Å². The molecular weight excluding hydrogens is 336 g/mol. The van der Waals surface area contributed by atoms with E-state index in [9.17, 15) is 4.79 Å². The van der Waals surface area contributed by atoms with Crippen LogP contribution in [0.15, 0.2) is 47.5 Å². The van der Waals surface area contributed by atoms with E-state index in [1.807, 2.05) is 0 Å². The Hall–Kier alpha value is -2.56. The summed E-state index contributed by atoms with van der Waals surface area (Å²) in [7, 11) is 1.71. The van der Waals surface area contributed by atoms with E-state index in [1.54, 1.807) is 7.05 Å². The van der Waals surface area contributed by atoms with Crippen molar-refractivity contribution in [1.29, 1.82) is 0 Å². The summed E-state index contributed by atoms with van der Waals surface area (Å²) in [5.74, 6) is 1.60. The molecule has 1 saturated heterocycles. The van der Waals surface area contributed by atoms with Crippen LogP contribution < -0.4 is 10.6 Å². The Morgan fingerprint density at radius 3 is 2.59 bits per heavy atom. The molecule has 144 valence electrons. The number of rotatable bonds is 5. The van der Waals surface area contributed by atoms with Crippen molar-refractivity contribution in [1.82, 2.24) is 15.5 Å². The van der Waals surface area contributed by atoms with Crippen molar-refractivity contribution in [2.24, 2.45) is 10.9 Å². The summed E-state index contributed by atoms with van der Waals surface area (Å²) >= 11 is 0. The average Bonchev–Trinajstić information content (AvgIpc) is 2.71. The first kappa shape index (κ1) is 19.2. The Kier molecular flexibility index (Phi) is 6.69. The topological polar surface area (TPSA) is 56.7 Å². The Morgan fingerprint density at radius 2 is 1.89 bits per heavy atom. The van der Waals surface area contributed by atoms with Gasteiger partial charge >= 0.3 is 0 Å². The first-order valence-corrected chi connectivity index (χ1v) is 9.91. The van der Waals surface area contributed by atoms with E-state index in [-0.39, 0.29) is 5.91 Å². The van der Waals surface area contributed by atoms with Gasteiger partial charge in [-0.2, -0.15) is 0 Å². The molecule has 0 aromatic heterocycles. The molecule has 1 fully saturated rings. The van der Waals surface area contributed by atoms with Gasteiger partial charge in [0.2, 0.25) is 5.91 Å². The lowest BCUT2D eigenvalue weighted by Gasteiger charge is -2.34. The summed E-state index contributed by atoms with van der Waals surface area (Å²) in [5, 5.41) is 8.67. The second-order valence-electron chi connectivity index (χ2n) is 7.16. The first-order valence-electron chi connectivity index (χ1n) is 9.91. The monoisotopic (exact) mass is 366 g/mol. The molecule has 0 saturated carbocycles. The molecule has 0 unspecified atom stereocenters. The lowest BCUT2D eigenvalue weighted by atomic mass is 9.93. The number of carbonyl (C=O) groups is 1. The largest absolute Gasteiger partial charge is 0.359 e. The van der Waals surface area contributed by atoms with E-state index in [0.29, 0.717) is 18.9 Å². The summed E-state index contributed by atoms with van der Waals surface area (Å²) in [6.07, 6.45) is 2.71. The molecular formula is C22H30N4O. The maximum Gasteiger partial charge on any atom is 0.220 e. The van der Waals surface area contributed by atoms with Crippen LogP contribution in [0.2, 0.25) is 0 Å². The van der Waals surface area contributed by atoms with Crippen LogP contribution in [0.1, 0.15) is 31.7 Å². The summed E-state index contributed by atoms with van der Waals surface area (Å²) in [6, 6.07) is 15.0. The fraction of sp³-hybridized carbons (Fsp3) is 0.455. The standard InChI is InChI=1S/C22H30N4O/c1-3-24-22(26-12-10-17(11-13-26)15-21(27)23-2)25-16-18-8-9-19-6-4-5-7-20(19)14-18/h4-9,14,17H,3,10-13,15-16H2,1-2H3,(H,23,27)(H,24,25). The fourth-order valence-electron chi connectivity index (χ4n) is 3.64. The van der Waals surface area contributed by atoms with Crippen LogP contribution in [-0.2, 0) is 11.3 Å².